The van der Waals surface area contributed by atoms with Gasteiger partial charge in [0.2, 0.25) is 11.7 Å². The second kappa shape index (κ2) is 5.94. The van der Waals surface area contributed by atoms with Crippen LogP contribution in [-0.4, -0.2) is 26.5 Å². The van der Waals surface area contributed by atoms with Crippen LogP contribution in [-0.2, 0) is 11.8 Å². The monoisotopic (exact) mass is 265 g/mol. The lowest BCUT2D eigenvalue weighted by Crippen LogP contribution is -2.12. The zero-order valence-corrected chi connectivity index (χ0v) is 11.4. The van der Waals surface area contributed by atoms with E-state index in [0.717, 1.165) is 12.0 Å². The first kappa shape index (κ1) is 13.7. The number of hydrogen-bond donors (Lipinski definition) is 1. The molecule has 2 heterocycles. The average Bonchev–Trinajstić information content (AvgIpc) is 3.04. The average molecular weight is 265 g/mol. The number of rotatable bonds is 6. The summed E-state index contributed by atoms with van der Waals surface area (Å²) in [6.07, 6.45) is 4.15. The van der Waals surface area contributed by atoms with Crippen LogP contribution in [0.1, 0.15) is 49.7 Å². The molecule has 7 nitrogen and oxygen atoms in total. The minimum absolute atomic E-state index is 0.149. The molecule has 2 N–H and O–H groups in total. The Morgan fingerprint density at radius 2 is 2.26 bits per heavy atom. The van der Waals surface area contributed by atoms with Crippen LogP contribution in [0.3, 0.4) is 0 Å². The number of ether oxygens (including phenoxy) is 1. The maximum Gasteiger partial charge on any atom is 0.248 e. The third-order valence-corrected chi connectivity index (χ3v) is 2.83. The van der Waals surface area contributed by atoms with Crippen molar-refractivity contribution in [2.24, 2.45) is 12.8 Å². The summed E-state index contributed by atoms with van der Waals surface area (Å²) in [6, 6.07) is -0.464. The van der Waals surface area contributed by atoms with Gasteiger partial charge in [0.15, 0.2) is 0 Å². The van der Waals surface area contributed by atoms with Crippen molar-refractivity contribution >= 4 is 0 Å². The van der Waals surface area contributed by atoms with E-state index < -0.39 is 6.04 Å². The van der Waals surface area contributed by atoms with Crippen molar-refractivity contribution in [2.45, 2.75) is 32.4 Å². The molecule has 0 amide bonds. The van der Waals surface area contributed by atoms with Gasteiger partial charge < -0.3 is 15.0 Å². The molecule has 104 valence electrons. The van der Waals surface area contributed by atoms with Crippen molar-refractivity contribution in [3.63, 3.8) is 0 Å². The molecule has 0 fully saturated rings. The van der Waals surface area contributed by atoms with E-state index in [-0.39, 0.29) is 6.10 Å². The minimum Gasteiger partial charge on any atom is -0.370 e. The van der Waals surface area contributed by atoms with Gasteiger partial charge in [-0.2, -0.15) is 10.1 Å². The molecular formula is C12H19N5O2. The van der Waals surface area contributed by atoms with E-state index in [2.05, 4.69) is 15.2 Å². The molecule has 0 aliphatic carbocycles. The maximum atomic E-state index is 6.07. The van der Waals surface area contributed by atoms with E-state index in [1.54, 1.807) is 10.9 Å². The Morgan fingerprint density at radius 3 is 2.84 bits per heavy atom. The molecule has 7 heteroatoms. The first-order valence-corrected chi connectivity index (χ1v) is 6.34. The third kappa shape index (κ3) is 2.99. The van der Waals surface area contributed by atoms with E-state index in [1.165, 1.54) is 0 Å². The summed E-state index contributed by atoms with van der Waals surface area (Å²) < 4.78 is 12.4. The van der Waals surface area contributed by atoms with Gasteiger partial charge in [-0.25, -0.2) is 0 Å². The van der Waals surface area contributed by atoms with Gasteiger partial charge >= 0.3 is 0 Å². The van der Waals surface area contributed by atoms with Crippen LogP contribution in [0.5, 0.6) is 0 Å². The SMILES string of the molecule is CCOC(CC)c1noc(C(N)c2cnn(C)c2)n1. The Kier molecular flexibility index (Phi) is 4.28. The Morgan fingerprint density at radius 1 is 1.47 bits per heavy atom. The highest BCUT2D eigenvalue weighted by Gasteiger charge is 2.22. The van der Waals surface area contributed by atoms with Crippen LogP contribution < -0.4 is 5.73 Å². The van der Waals surface area contributed by atoms with Crippen molar-refractivity contribution in [2.75, 3.05) is 6.61 Å². The number of hydrogen-bond acceptors (Lipinski definition) is 6. The molecule has 2 atom stereocenters. The van der Waals surface area contributed by atoms with Crippen molar-refractivity contribution in [1.29, 1.82) is 0 Å². The zero-order valence-electron chi connectivity index (χ0n) is 11.4. The predicted molar refractivity (Wildman–Crippen MR) is 68.2 cm³/mol. The third-order valence-electron chi connectivity index (χ3n) is 2.83. The van der Waals surface area contributed by atoms with Crippen molar-refractivity contribution in [3.8, 4) is 0 Å². The lowest BCUT2D eigenvalue weighted by atomic mass is 10.2. The fourth-order valence-electron chi connectivity index (χ4n) is 1.82. The van der Waals surface area contributed by atoms with Gasteiger partial charge in [-0.1, -0.05) is 12.1 Å². The standard InChI is InChI=1S/C12H19N5O2/c1-4-9(18-5-2)11-15-12(19-16-11)10(13)8-6-14-17(3)7-8/h6-7,9-10H,4-5,13H2,1-3H3. The predicted octanol–water partition coefficient (Wildman–Crippen LogP) is 1.34. The second-order valence-electron chi connectivity index (χ2n) is 4.27. The van der Waals surface area contributed by atoms with E-state index in [9.17, 15) is 0 Å². The van der Waals surface area contributed by atoms with Gasteiger partial charge in [-0.15, -0.1) is 0 Å². The quantitative estimate of drug-likeness (QED) is 0.847. The molecule has 2 aromatic heterocycles. The Balaban J connectivity index is 2.16. The van der Waals surface area contributed by atoms with Gasteiger partial charge in [-0.3, -0.25) is 4.68 Å². The van der Waals surface area contributed by atoms with E-state index in [4.69, 9.17) is 15.0 Å². The van der Waals surface area contributed by atoms with E-state index in [1.807, 2.05) is 27.1 Å². The molecule has 0 aromatic carbocycles. The first-order valence-electron chi connectivity index (χ1n) is 6.34. The maximum absolute atomic E-state index is 6.07. The summed E-state index contributed by atoms with van der Waals surface area (Å²) in [5.74, 6) is 0.917. The van der Waals surface area contributed by atoms with Gasteiger partial charge in [-0.05, 0) is 13.3 Å². The normalized spacial score (nSPS) is 14.5. The molecular weight excluding hydrogens is 246 g/mol. The molecule has 0 saturated carbocycles. The van der Waals surface area contributed by atoms with Crippen LogP contribution in [0.25, 0.3) is 0 Å². The van der Waals surface area contributed by atoms with Crippen LogP contribution in [0.4, 0.5) is 0 Å². The van der Waals surface area contributed by atoms with Gasteiger partial charge in [0, 0.05) is 25.4 Å². The zero-order chi connectivity index (χ0) is 13.8. The highest BCUT2D eigenvalue weighted by atomic mass is 16.5. The molecule has 2 rings (SSSR count). The number of aromatic nitrogens is 4. The van der Waals surface area contributed by atoms with Gasteiger partial charge in [0.25, 0.3) is 0 Å². The summed E-state index contributed by atoms with van der Waals surface area (Å²) in [7, 11) is 1.83. The summed E-state index contributed by atoms with van der Waals surface area (Å²) in [4.78, 5) is 4.32. The lowest BCUT2D eigenvalue weighted by Gasteiger charge is -2.09. The molecule has 0 aliphatic rings. The van der Waals surface area contributed by atoms with Gasteiger partial charge in [0.1, 0.15) is 12.1 Å². The highest BCUT2D eigenvalue weighted by Crippen LogP contribution is 2.22. The Bertz CT molecular complexity index is 522. The summed E-state index contributed by atoms with van der Waals surface area (Å²) in [5, 5.41) is 8.01. The van der Waals surface area contributed by atoms with E-state index >= 15 is 0 Å². The molecule has 0 spiro atoms. The molecule has 2 aromatic rings. The number of aryl methyl sites for hydroxylation is 1. The van der Waals surface area contributed by atoms with Gasteiger partial charge in [0.05, 0.1) is 6.20 Å². The largest absolute Gasteiger partial charge is 0.370 e. The van der Waals surface area contributed by atoms with Crippen molar-refractivity contribution < 1.29 is 9.26 Å². The molecule has 0 aliphatic heterocycles. The molecule has 19 heavy (non-hydrogen) atoms. The van der Waals surface area contributed by atoms with Crippen LogP contribution in [0.2, 0.25) is 0 Å². The van der Waals surface area contributed by atoms with Crippen LogP contribution in [0.15, 0.2) is 16.9 Å². The number of nitrogens with zero attached hydrogens (tertiary/aromatic N) is 4. The fraction of sp³-hybridized carbons (Fsp3) is 0.583. The van der Waals surface area contributed by atoms with Crippen LogP contribution in [0, 0.1) is 0 Å². The Labute approximate surface area is 111 Å². The lowest BCUT2D eigenvalue weighted by molar-refractivity contribution is 0.0518. The van der Waals surface area contributed by atoms with Crippen molar-refractivity contribution in [3.05, 3.63) is 29.7 Å². The molecule has 2 unspecified atom stereocenters. The fourth-order valence-corrected chi connectivity index (χ4v) is 1.82. The highest BCUT2D eigenvalue weighted by molar-refractivity contribution is 5.17. The second-order valence-corrected chi connectivity index (χ2v) is 4.27. The summed E-state index contributed by atoms with van der Waals surface area (Å²) in [5.41, 5.74) is 6.90. The topological polar surface area (TPSA) is 92.0 Å². The van der Waals surface area contributed by atoms with Crippen molar-refractivity contribution in [1.82, 2.24) is 19.9 Å². The summed E-state index contributed by atoms with van der Waals surface area (Å²) >= 11 is 0. The van der Waals surface area contributed by atoms with Crippen LogP contribution >= 0.6 is 0 Å². The molecule has 0 bridgehead atoms. The summed E-state index contributed by atoms with van der Waals surface area (Å²) in [6.45, 7) is 4.56. The smallest absolute Gasteiger partial charge is 0.248 e. The molecule has 0 radical (unpaired) electrons. The first-order chi connectivity index (χ1) is 9.15. The molecule has 0 saturated heterocycles. The number of nitrogens with two attached hydrogens (primary N) is 1. The van der Waals surface area contributed by atoms with E-state index in [0.29, 0.717) is 18.3 Å². The Hall–Kier alpha value is -1.73. The minimum atomic E-state index is -0.464.